The molecular formula is C17H13NO2S. The SMILES string of the molecule is Cc1ccc(N2C(=O)S/C(=C\c3ccccc3)C2=O)cc1. The summed E-state index contributed by atoms with van der Waals surface area (Å²) in [5.74, 6) is -0.266. The first-order chi connectivity index (χ1) is 10.1. The average molecular weight is 295 g/mol. The van der Waals surface area contributed by atoms with Crippen LogP contribution < -0.4 is 4.90 Å². The molecule has 21 heavy (non-hydrogen) atoms. The van der Waals surface area contributed by atoms with Crippen LogP contribution in [0.3, 0.4) is 0 Å². The van der Waals surface area contributed by atoms with Gasteiger partial charge < -0.3 is 0 Å². The highest BCUT2D eigenvalue weighted by Crippen LogP contribution is 2.35. The summed E-state index contributed by atoms with van der Waals surface area (Å²) < 4.78 is 0. The maximum absolute atomic E-state index is 12.4. The third-order valence-electron chi connectivity index (χ3n) is 3.18. The number of nitrogens with zero attached hydrogens (tertiary/aromatic N) is 1. The Morgan fingerprint density at radius 3 is 2.29 bits per heavy atom. The lowest BCUT2D eigenvalue weighted by atomic mass is 10.2. The lowest BCUT2D eigenvalue weighted by Gasteiger charge is -2.12. The Morgan fingerprint density at radius 2 is 1.62 bits per heavy atom. The normalized spacial score (nSPS) is 16.8. The number of rotatable bonds is 2. The Labute approximate surface area is 127 Å². The second kappa shape index (κ2) is 5.58. The van der Waals surface area contributed by atoms with Gasteiger partial charge in [0.2, 0.25) is 0 Å². The van der Waals surface area contributed by atoms with Crippen LogP contribution in [0.15, 0.2) is 59.5 Å². The zero-order valence-electron chi connectivity index (χ0n) is 11.4. The van der Waals surface area contributed by atoms with Crippen LogP contribution in [0.2, 0.25) is 0 Å². The summed E-state index contributed by atoms with van der Waals surface area (Å²) in [4.78, 5) is 26.2. The minimum atomic E-state index is -0.266. The van der Waals surface area contributed by atoms with Crippen molar-refractivity contribution in [1.29, 1.82) is 0 Å². The van der Waals surface area contributed by atoms with Crippen LogP contribution in [0, 0.1) is 6.92 Å². The molecule has 3 rings (SSSR count). The lowest BCUT2D eigenvalue weighted by Crippen LogP contribution is -2.27. The number of anilines is 1. The predicted molar refractivity (Wildman–Crippen MR) is 86.1 cm³/mol. The number of carbonyl (C=O) groups excluding carboxylic acids is 2. The van der Waals surface area contributed by atoms with Gasteiger partial charge in [0, 0.05) is 0 Å². The first-order valence-electron chi connectivity index (χ1n) is 6.55. The predicted octanol–water partition coefficient (Wildman–Crippen LogP) is 4.24. The Balaban J connectivity index is 1.92. The van der Waals surface area contributed by atoms with E-state index in [2.05, 4.69) is 0 Å². The van der Waals surface area contributed by atoms with Crippen LogP contribution in [0.4, 0.5) is 10.5 Å². The van der Waals surface area contributed by atoms with Gasteiger partial charge in [-0.1, -0.05) is 48.0 Å². The smallest absolute Gasteiger partial charge is 0.268 e. The van der Waals surface area contributed by atoms with Gasteiger partial charge in [0.05, 0.1) is 10.6 Å². The highest BCUT2D eigenvalue weighted by molar-refractivity contribution is 8.19. The van der Waals surface area contributed by atoms with Gasteiger partial charge >= 0.3 is 0 Å². The molecular weight excluding hydrogens is 282 g/mol. The first kappa shape index (κ1) is 13.6. The van der Waals surface area contributed by atoms with E-state index >= 15 is 0 Å². The number of carbonyl (C=O) groups is 2. The molecule has 2 amide bonds. The molecule has 2 aromatic rings. The topological polar surface area (TPSA) is 37.4 Å². The van der Waals surface area contributed by atoms with Crippen molar-refractivity contribution in [2.75, 3.05) is 4.90 Å². The molecule has 0 aliphatic carbocycles. The molecule has 0 unspecified atom stereocenters. The van der Waals surface area contributed by atoms with Crippen LogP contribution in [-0.2, 0) is 4.79 Å². The highest BCUT2D eigenvalue weighted by Gasteiger charge is 2.36. The maximum Gasteiger partial charge on any atom is 0.298 e. The van der Waals surface area contributed by atoms with Crippen molar-refractivity contribution in [2.24, 2.45) is 0 Å². The van der Waals surface area contributed by atoms with Crippen LogP contribution >= 0.6 is 11.8 Å². The molecule has 104 valence electrons. The van der Waals surface area contributed by atoms with Crippen molar-refractivity contribution >= 4 is 34.7 Å². The van der Waals surface area contributed by atoms with Crippen LogP contribution in [0.5, 0.6) is 0 Å². The van der Waals surface area contributed by atoms with Crippen molar-refractivity contribution in [2.45, 2.75) is 6.92 Å². The minimum Gasteiger partial charge on any atom is -0.268 e. The average Bonchev–Trinajstić information content (AvgIpc) is 2.76. The largest absolute Gasteiger partial charge is 0.298 e. The van der Waals surface area contributed by atoms with Crippen LogP contribution in [0.25, 0.3) is 6.08 Å². The van der Waals surface area contributed by atoms with Gasteiger partial charge in [-0.15, -0.1) is 0 Å². The summed E-state index contributed by atoms with van der Waals surface area (Å²) in [7, 11) is 0. The lowest BCUT2D eigenvalue weighted by molar-refractivity contribution is -0.113. The van der Waals surface area contributed by atoms with Crippen molar-refractivity contribution in [3.05, 3.63) is 70.6 Å². The molecule has 0 bridgehead atoms. The van der Waals surface area contributed by atoms with Crippen molar-refractivity contribution in [3.63, 3.8) is 0 Å². The van der Waals surface area contributed by atoms with E-state index in [1.54, 1.807) is 18.2 Å². The number of thioether (sulfide) groups is 1. The number of hydrogen-bond donors (Lipinski definition) is 0. The van der Waals surface area contributed by atoms with Gasteiger partial charge in [-0.05, 0) is 42.5 Å². The zero-order chi connectivity index (χ0) is 14.8. The molecule has 3 nitrogen and oxygen atoms in total. The van der Waals surface area contributed by atoms with Gasteiger partial charge in [0.15, 0.2) is 0 Å². The Bertz CT molecular complexity index is 720. The van der Waals surface area contributed by atoms with E-state index in [9.17, 15) is 9.59 Å². The molecule has 4 heteroatoms. The van der Waals surface area contributed by atoms with E-state index in [0.717, 1.165) is 22.9 Å². The van der Waals surface area contributed by atoms with E-state index in [1.165, 1.54) is 4.90 Å². The summed E-state index contributed by atoms with van der Waals surface area (Å²) in [5, 5.41) is -0.258. The molecule has 0 spiro atoms. The Morgan fingerprint density at radius 1 is 0.952 bits per heavy atom. The third kappa shape index (κ3) is 2.76. The molecule has 1 heterocycles. The van der Waals surface area contributed by atoms with Gasteiger partial charge in [0.1, 0.15) is 0 Å². The zero-order valence-corrected chi connectivity index (χ0v) is 12.3. The molecule has 0 saturated carbocycles. The molecule has 0 aromatic heterocycles. The van der Waals surface area contributed by atoms with Crippen molar-refractivity contribution in [1.82, 2.24) is 0 Å². The Kier molecular flexibility index (Phi) is 3.62. The second-order valence-electron chi connectivity index (χ2n) is 4.76. The minimum absolute atomic E-state index is 0.258. The van der Waals surface area contributed by atoms with Gasteiger partial charge in [-0.25, -0.2) is 4.90 Å². The quantitative estimate of drug-likeness (QED) is 0.778. The molecule has 1 aliphatic heterocycles. The summed E-state index contributed by atoms with van der Waals surface area (Å²) >= 11 is 0.974. The van der Waals surface area contributed by atoms with E-state index in [0.29, 0.717) is 10.6 Å². The molecule has 1 fully saturated rings. The van der Waals surface area contributed by atoms with E-state index in [4.69, 9.17) is 0 Å². The van der Waals surface area contributed by atoms with Gasteiger partial charge in [-0.3, -0.25) is 9.59 Å². The second-order valence-corrected chi connectivity index (χ2v) is 5.76. The fourth-order valence-electron chi connectivity index (χ4n) is 2.08. The summed E-state index contributed by atoms with van der Waals surface area (Å²) in [6.45, 7) is 1.97. The van der Waals surface area contributed by atoms with Crippen molar-refractivity contribution < 1.29 is 9.59 Å². The monoisotopic (exact) mass is 295 g/mol. The van der Waals surface area contributed by atoms with Crippen LogP contribution in [-0.4, -0.2) is 11.1 Å². The summed E-state index contributed by atoms with van der Waals surface area (Å²) in [6, 6.07) is 16.9. The number of hydrogen-bond acceptors (Lipinski definition) is 3. The summed E-state index contributed by atoms with van der Waals surface area (Å²) in [6.07, 6.45) is 1.75. The fraction of sp³-hybridized carbons (Fsp3) is 0.0588. The number of amides is 2. The molecule has 2 aromatic carbocycles. The third-order valence-corrected chi connectivity index (χ3v) is 4.05. The standard InChI is InChI=1S/C17H13NO2S/c1-12-7-9-14(10-8-12)18-16(19)15(21-17(18)20)11-13-5-3-2-4-6-13/h2-11H,1H3/b15-11-. The van der Waals surface area contributed by atoms with Gasteiger partial charge in [-0.2, -0.15) is 0 Å². The van der Waals surface area contributed by atoms with E-state index in [-0.39, 0.29) is 11.1 Å². The van der Waals surface area contributed by atoms with Gasteiger partial charge in [0.25, 0.3) is 11.1 Å². The highest BCUT2D eigenvalue weighted by atomic mass is 32.2. The van der Waals surface area contributed by atoms with E-state index in [1.807, 2.05) is 49.4 Å². The Hall–Kier alpha value is -2.33. The molecule has 1 aliphatic rings. The molecule has 0 N–H and O–H groups in total. The van der Waals surface area contributed by atoms with Crippen molar-refractivity contribution in [3.8, 4) is 0 Å². The number of aryl methyl sites for hydroxylation is 1. The number of imide groups is 1. The maximum atomic E-state index is 12.4. The van der Waals surface area contributed by atoms with E-state index < -0.39 is 0 Å². The molecule has 1 saturated heterocycles. The first-order valence-corrected chi connectivity index (χ1v) is 7.36. The fourth-order valence-corrected chi connectivity index (χ4v) is 2.93. The number of benzene rings is 2. The summed E-state index contributed by atoms with van der Waals surface area (Å²) in [5.41, 5.74) is 2.61. The molecule has 0 radical (unpaired) electrons. The molecule has 0 atom stereocenters. The van der Waals surface area contributed by atoms with Crippen LogP contribution in [0.1, 0.15) is 11.1 Å².